The molecule has 2 heterocycles. The average Bonchev–Trinajstić information content (AvgIpc) is 2.88. The molecule has 0 spiro atoms. The number of carbonyl (C=O) groups is 2. The maximum Gasteiger partial charge on any atom is 0.327 e. The molecule has 0 saturated carbocycles. The van der Waals surface area contributed by atoms with Crippen LogP contribution in [0.4, 0.5) is 0 Å². The van der Waals surface area contributed by atoms with Gasteiger partial charge in [0, 0.05) is 23.4 Å². The molecule has 0 aromatic heterocycles. The van der Waals surface area contributed by atoms with Gasteiger partial charge in [0.2, 0.25) is 5.12 Å². The van der Waals surface area contributed by atoms with Crippen molar-refractivity contribution in [2.75, 3.05) is 20.2 Å². The number of nitrogens with zero attached hydrogens (tertiary/aromatic N) is 1. The Balaban J connectivity index is -0.0000000748. The highest BCUT2D eigenvalue weighted by atomic mass is 35.5. The van der Waals surface area contributed by atoms with Crippen LogP contribution in [-0.2, 0) is 14.3 Å². The molecule has 1 aromatic carbocycles. The minimum atomic E-state index is -0.541. The summed E-state index contributed by atoms with van der Waals surface area (Å²) in [7, 11) is 1.38. The Kier molecular flexibility index (Phi) is 44.5. The number of rotatable bonds is 3. The summed E-state index contributed by atoms with van der Waals surface area (Å²) < 4.78 is 4.98. The van der Waals surface area contributed by atoms with Crippen LogP contribution in [0.5, 0.6) is 0 Å². The minimum absolute atomic E-state index is 0. The van der Waals surface area contributed by atoms with Gasteiger partial charge in [0.1, 0.15) is 6.04 Å². The van der Waals surface area contributed by atoms with Gasteiger partial charge in [-0.15, -0.1) is 0 Å². The van der Waals surface area contributed by atoms with Crippen LogP contribution in [0.15, 0.2) is 35.9 Å². The Morgan fingerprint density at radius 2 is 1.52 bits per heavy atom. The van der Waals surface area contributed by atoms with Crippen molar-refractivity contribution in [3.8, 4) is 0 Å². The van der Waals surface area contributed by atoms with Crippen molar-refractivity contribution in [2.45, 2.75) is 99.4 Å². The lowest BCUT2D eigenvalue weighted by molar-refractivity contribution is -0.147. The van der Waals surface area contributed by atoms with E-state index >= 15 is 0 Å². The highest BCUT2D eigenvalue weighted by molar-refractivity contribution is 8.15. The zero-order valence-corrected chi connectivity index (χ0v) is 13.7. The van der Waals surface area contributed by atoms with E-state index in [9.17, 15) is 9.59 Å². The number of esters is 1. The number of halogens is 1. The maximum atomic E-state index is 12.3. The average molecular weight is 514 g/mol. The van der Waals surface area contributed by atoms with E-state index in [-0.39, 0.29) is 98.0 Å². The Labute approximate surface area is 219 Å². The van der Waals surface area contributed by atoms with E-state index in [2.05, 4.69) is 0 Å². The van der Waals surface area contributed by atoms with Gasteiger partial charge < -0.3 is 4.74 Å². The molecule has 3 rings (SSSR count). The molecule has 1 fully saturated rings. The molecule has 6 heteroatoms. The molecule has 4 nitrogen and oxygen atoms in total. The van der Waals surface area contributed by atoms with E-state index in [1.54, 1.807) is 12.1 Å². The summed E-state index contributed by atoms with van der Waals surface area (Å²) in [5.74, 6) is -0.330. The molecule has 0 radical (unpaired) electrons. The zero-order valence-electron chi connectivity index (χ0n) is 12.1. The van der Waals surface area contributed by atoms with Crippen molar-refractivity contribution < 1.29 is 14.3 Å². The monoisotopic (exact) mass is 513 g/mol. The molecular weight excluding hydrogens is 454 g/mol. The van der Waals surface area contributed by atoms with E-state index in [1.165, 1.54) is 18.9 Å². The number of likely N-dealkylation sites (tertiary alicyclic amines) is 1. The molecule has 204 valence electrons. The summed E-state index contributed by atoms with van der Waals surface area (Å²) in [5, 5.41) is 0.911. The molecule has 2 atom stereocenters. The first kappa shape index (κ1) is 58.0. The molecule has 0 aliphatic carbocycles. The van der Waals surface area contributed by atoms with Crippen LogP contribution in [-0.4, -0.2) is 41.4 Å². The Morgan fingerprint density at radius 1 is 1.00 bits per heavy atom. The van der Waals surface area contributed by atoms with Gasteiger partial charge in [-0.3, -0.25) is 9.69 Å². The molecule has 1 aromatic rings. The zero-order chi connectivity index (χ0) is 15.7. The van der Waals surface area contributed by atoms with Gasteiger partial charge in [-0.1, -0.05) is 123 Å². The van der Waals surface area contributed by atoms with Gasteiger partial charge in [0.25, 0.3) is 0 Å². The highest BCUT2D eigenvalue weighted by Gasteiger charge is 2.37. The fourth-order valence-electron chi connectivity index (χ4n) is 2.98. The first-order chi connectivity index (χ1) is 10.6. The normalized spacial score (nSPS) is 15.3. The van der Waals surface area contributed by atoms with E-state index in [0.29, 0.717) is 11.6 Å². The lowest BCUT2D eigenvalue weighted by Gasteiger charge is -2.36. The second-order valence-corrected chi connectivity index (χ2v) is 6.97. The van der Waals surface area contributed by atoms with Gasteiger partial charge in [0.15, 0.2) is 0 Å². The largest absolute Gasteiger partial charge is 0.468 e. The van der Waals surface area contributed by atoms with E-state index in [1.807, 2.05) is 23.1 Å². The second-order valence-electron chi connectivity index (χ2n) is 5.35. The van der Waals surface area contributed by atoms with Crippen molar-refractivity contribution in [1.29, 1.82) is 0 Å². The summed E-state index contributed by atoms with van der Waals surface area (Å²) >= 11 is 7.64. The molecule has 0 bridgehead atoms. The Hall–Kier alpha value is -1.30. The molecule has 2 aliphatic rings. The summed E-state index contributed by atoms with van der Waals surface area (Å²) in [6, 6.07) is 6.77. The second kappa shape index (κ2) is 25.3. The van der Waals surface area contributed by atoms with Crippen LogP contribution in [0.2, 0.25) is 5.02 Å². The topological polar surface area (TPSA) is 46.6 Å². The van der Waals surface area contributed by atoms with Crippen LogP contribution in [0, 0.1) is 0 Å². The fourth-order valence-corrected chi connectivity index (χ4v) is 4.24. The third kappa shape index (κ3) is 12.7. The molecular formula is C27H60ClNO3S. The van der Waals surface area contributed by atoms with Crippen LogP contribution in [0.25, 0.3) is 0 Å². The number of carbonyl (C=O) groups excluding carboxylic acids is 2. The van der Waals surface area contributed by atoms with Crippen molar-refractivity contribution in [1.82, 2.24) is 4.90 Å². The number of thioether (sulfide) groups is 1. The summed E-state index contributed by atoms with van der Waals surface area (Å²) in [5.41, 5.74) is 1.83. The summed E-state index contributed by atoms with van der Waals surface area (Å²) in [6.07, 6.45) is 2.54. The first-order valence-electron chi connectivity index (χ1n) is 7.07. The molecule has 1 saturated heterocycles. The Bertz CT molecular complexity index is 650. The standard InChI is InChI=1S/C16H16ClNO3S.11CH4/c1-21-16(20)15(11-4-2-3-5-12(11)17)18-7-6-13-10(9-18)8-14(19)22-13;;;;;;;;;;;/h2-5,8,13,15H,6-7,9H2,1H3;11*1H4. The molecule has 33 heavy (non-hydrogen) atoms. The van der Waals surface area contributed by atoms with Crippen LogP contribution < -0.4 is 0 Å². The molecule has 2 unspecified atom stereocenters. The minimum Gasteiger partial charge on any atom is -0.468 e. The van der Waals surface area contributed by atoms with Crippen molar-refractivity contribution in [3.05, 3.63) is 46.5 Å². The number of piperidine rings is 1. The van der Waals surface area contributed by atoms with Crippen molar-refractivity contribution in [2.24, 2.45) is 0 Å². The first-order valence-corrected chi connectivity index (χ1v) is 8.33. The number of methoxy groups -OCH3 is 1. The van der Waals surface area contributed by atoms with Crippen molar-refractivity contribution in [3.63, 3.8) is 0 Å². The number of hydrogen-bond acceptors (Lipinski definition) is 5. The molecule has 2 aliphatic heterocycles. The van der Waals surface area contributed by atoms with E-state index in [4.69, 9.17) is 16.3 Å². The summed E-state index contributed by atoms with van der Waals surface area (Å²) in [6.45, 7) is 1.32. The van der Waals surface area contributed by atoms with Gasteiger partial charge in [-0.05, 0) is 29.7 Å². The SMILES string of the molecule is C.C.C.C.C.C.C.C.C.C.C.COC(=O)C(c1ccccc1Cl)N1CCC2SC(=O)C=C2C1. The third-order valence-electron chi connectivity index (χ3n) is 4.03. The van der Waals surface area contributed by atoms with Crippen molar-refractivity contribution >= 4 is 34.4 Å². The van der Waals surface area contributed by atoms with E-state index in [0.717, 1.165) is 24.1 Å². The van der Waals surface area contributed by atoms with Gasteiger partial charge in [-0.2, -0.15) is 0 Å². The fraction of sp³-hybridized carbons (Fsp3) is 0.630. The Morgan fingerprint density at radius 3 is 2.00 bits per heavy atom. The van der Waals surface area contributed by atoms with Crippen LogP contribution in [0.3, 0.4) is 0 Å². The van der Waals surface area contributed by atoms with E-state index < -0.39 is 6.04 Å². The molecule has 0 amide bonds. The smallest absolute Gasteiger partial charge is 0.327 e. The molecule has 0 N–H and O–H groups in total. The van der Waals surface area contributed by atoms with Crippen LogP contribution >= 0.6 is 23.4 Å². The number of benzene rings is 1. The maximum absolute atomic E-state index is 12.3. The lowest BCUT2D eigenvalue weighted by atomic mass is 9.98. The lowest BCUT2D eigenvalue weighted by Crippen LogP contribution is -2.42. The number of hydrogen-bond donors (Lipinski definition) is 0. The number of ether oxygens (including phenoxy) is 1. The highest BCUT2D eigenvalue weighted by Crippen LogP contribution is 2.38. The van der Waals surface area contributed by atoms with Gasteiger partial charge in [0.05, 0.1) is 7.11 Å². The summed E-state index contributed by atoms with van der Waals surface area (Å²) in [4.78, 5) is 25.9. The van der Waals surface area contributed by atoms with Crippen LogP contribution in [0.1, 0.15) is 99.7 Å². The quantitative estimate of drug-likeness (QED) is 0.376. The number of fused-ring (bicyclic) bond motifs is 1. The third-order valence-corrected chi connectivity index (χ3v) is 5.55. The predicted molar refractivity (Wildman–Crippen MR) is 161 cm³/mol. The van der Waals surface area contributed by atoms with Gasteiger partial charge >= 0.3 is 5.97 Å². The predicted octanol–water partition coefficient (Wildman–Crippen LogP) is 9.83. The van der Waals surface area contributed by atoms with Gasteiger partial charge in [-0.25, -0.2) is 4.79 Å².